The molecule has 0 unspecified atom stereocenters. The Hall–Kier alpha value is -3.91. The van der Waals surface area contributed by atoms with Gasteiger partial charge in [0.15, 0.2) is 5.16 Å². The fourth-order valence-corrected chi connectivity index (χ4v) is 4.24. The van der Waals surface area contributed by atoms with E-state index in [9.17, 15) is 14.4 Å². The fourth-order valence-electron chi connectivity index (χ4n) is 3.44. The van der Waals surface area contributed by atoms with Crippen molar-refractivity contribution in [1.29, 1.82) is 0 Å². The summed E-state index contributed by atoms with van der Waals surface area (Å²) in [7, 11) is 0. The Labute approximate surface area is 201 Å². The van der Waals surface area contributed by atoms with Crippen LogP contribution in [0, 0.1) is 6.92 Å². The molecule has 3 aromatic carbocycles. The Balaban J connectivity index is 1.53. The summed E-state index contributed by atoms with van der Waals surface area (Å²) in [6, 6.07) is 22.1. The maximum atomic E-state index is 13.2. The third-order valence-electron chi connectivity index (χ3n) is 5.11. The van der Waals surface area contributed by atoms with E-state index in [0.717, 1.165) is 11.1 Å². The second-order valence-electron chi connectivity index (χ2n) is 7.88. The second kappa shape index (κ2) is 10.4. The molecule has 0 aliphatic heterocycles. The van der Waals surface area contributed by atoms with Gasteiger partial charge in [0.05, 0.1) is 23.2 Å². The van der Waals surface area contributed by atoms with Crippen molar-refractivity contribution in [3.63, 3.8) is 0 Å². The number of benzene rings is 3. The molecule has 34 heavy (non-hydrogen) atoms. The van der Waals surface area contributed by atoms with Crippen molar-refractivity contribution in [3.05, 3.63) is 94.3 Å². The van der Waals surface area contributed by atoms with Crippen molar-refractivity contribution in [3.8, 4) is 0 Å². The van der Waals surface area contributed by atoms with Crippen LogP contribution in [0.1, 0.15) is 18.1 Å². The first kappa shape index (κ1) is 23.3. The Morgan fingerprint density at radius 3 is 2.24 bits per heavy atom. The van der Waals surface area contributed by atoms with Crippen LogP contribution in [0.25, 0.3) is 10.9 Å². The Morgan fingerprint density at radius 1 is 0.912 bits per heavy atom. The number of thioether (sulfide) groups is 1. The molecule has 1 aromatic heterocycles. The summed E-state index contributed by atoms with van der Waals surface area (Å²) in [5.74, 6) is -0.291. The van der Waals surface area contributed by atoms with Crippen LogP contribution in [0.5, 0.6) is 0 Å². The topological polar surface area (TPSA) is 93.1 Å². The van der Waals surface area contributed by atoms with Crippen LogP contribution in [0.3, 0.4) is 0 Å². The first-order chi connectivity index (χ1) is 16.4. The molecule has 2 N–H and O–H groups in total. The number of rotatable bonds is 7. The van der Waals surface area contributed by atoms with E-state index < -0.39 is 0 Å². The highest BCUT2D eigenvalue weighted by Gasteiger charge is 2.14. The number of carbonyl (C=O) groups excluding carboxylic acids is 2. The molecule has 0 atom stereocenters. The average molecular weight is 473 g/mol. The molecule has 4 aromatic rings. The number of nitrogens with one attached hydrogen (secondary N) is 2. The normalized spacial score (nSPS) is 10.8. The summed E-state index contributed by atoms with van der Waals surface area (Å²) in [5, 5.41) is 6.55. The first-order valence-electron chi connectivity index (χ1n) is 10.7. The number of nitrogens with zero attached hydrogens (tertiary/aromatic N) is 2. The van der Waals surface area contributed by atoms with E-state index in [4.69, 9.17) is 0 Å². The molecule has 0 saturated carbocycles. The molecule has 0 radical (unpaired) electrons. The first-order valence-corrected chi connectivity index (χ1v) is 11.7. The lowest BCUT2D eigenvalue weighted by Crippen LogP contribution is -2.25. The summed E-state index contributed by atoms with van der Waals surface area (Å²) in [5.41, 5.74) is 3.86. The van der Waals surface area contributed by atoms with E-state index >= 15 is 0 Å². The van der Waals surface area contributed by atoms with Crippen molar-refractivity contribution in [1.82, 2.24) is 9.55 Å². The van der Waals surface area contributed by atoms with Gasteiger partial charge in [0.1, 0.15) is 0 Å². The Bertz CT molecular complexity index is 1400. The van der Waals surface area contributed by atoms with Crippen molar-refractivity contribution in [2.75, 3.05) is 16.4 Å². The SMILES string of the molecule is CC(=O)Nc1ccc(NC(=O)CSc2nc3ccccc3c(=O)n2Cc2ccc(C)cc2)cc1. The molecule has 2 amide bonds. The third kappa shape index (κ3) is 5.71. The Kier molecular flexibility index (Phi) is 7.08. The predicted octanol–water partition coefficient (Wildman–Crippen LogP) is 4.44. The maximum Gasteiger partial charge on any atom is 0.262 e. The summed E-state index contributed by atoms with van der Waals surface area (Å²) in [6.45, 7) is 3.82. The summed E-state index contributed by atoms with van der Waals surface area (Å²) >= 11 is 1.22. The molecule has 0 spiro atoms. The number of hydrogen-bond acceptors (Lipinski definition) is 5. The highest BCUT2D eigenvalue weighted by atomic mass is 32.2. The fraction of sp³-hybridized carbons (Fsp3) is 0.154. The van der Waals surface area contributed by atoms with Crippen LogP contribution in [0.2, 0.25) is 0 Å². The minimum absolute atomic E-state index is 0.0894. The van der Waals surface area contributed by atoms with Gasteiger partial charge < -0.3 is 10.6 Å². The number of para-hydroxylation sites is 1. The zero-order valence-corrected chi connectivity index (χ0v) is 19.7. The van der Waals surface area contributed by atoms with Crippen LogP contribution in [-0.4, -0.2) is 27.1 Å². The number of hydrogen-bond donors (Lipinski definition) is 2. The zero-order chi connectivity index (χ0) is 24.1. The molecular formula is C26H24N4O3S. The molecule has 0 fully saturated rings. The molecule has 0 saturated heterocycles. The van der Waals surface area contributed by atoms with E-state index in [0.29, 0.717) is 34.0 Å². The molecule has 172 valence electrons. The summed E-state index contributed by atoms with van der Waals surface area (Å²) in [4.78, 5) is 41.7. The van der Waals surface area contributed by atoms with Gasteiger partial charge in [0, 0.05) is 18.3 Å². The van der Waals surface area contributed by atoms with E-state index in [1.165, 1.54) is 18.7 Å². The quantitative estimate of drug-likeness (QED) is 0.306. The van der Waals surface area contributed by atoms with Crippen molar-refractivity contribution in [2.24, 2.45) is 0 Å². The van der Waals surface area contributed by atoms with E-state index in [-0.39, 0.29) is 23.1 Å². The minimum atomic E-state index is -0.221. The van der Waals surface area contributed by atoms with Gasteiger partial charge in [-0.15, -0.1) is 0 Å². The highest BCUT2D eigenvalue weighted by Crippen LogP contribution is 2.20. The van der Waals surface area contributed by atoms with Crippen molar-refractivity contribution in [2.45, 2.75) is 25.5 Å². The average Bonchev–Trinajstić information content (AvgIpc) is 2.82. The number of carbonyl (C=O) groups is 2. The molecule has 4 rings (SSSR count). The van der Waals surface area contributed by atoms with Gasteiger partial charge in [-0.1, -0.05) is 53.7 Å². The van der Waals surface area contributed by atoms with Gasteiger partial charge in [0.2, 0.25) is 11.8 Å². The number of amides is 2. The minimum Gasteiger partial charge on any atom is -0.326 e. The number of anilines is 2. The molecule has 0 aliphatic rings. The summed E-state index contributed by atoms with van der Waals surface area (Å²) in [6.07, 6.45) is 0. The number of fused-ring (bicyclic) bond motifs is 1. The zero-order valence-electron chi connectivity index (χ0n) is 18.9. The number of aromatic nitrogens is 2. The lowest BCUT2D eigenvalue weighted by atomic mass is 10.1. The Morgan fingerprint density at radius 2 is 1.56 bits per heavy atom. The molecule has 0 aliphatic carbocycles. The maximum absolute atomic E-state index is 13.2. The highest BCUT2D eigenvalue weighted by molar-refractivity contribution is 7.99. The molecule has 7 nitrogen and oxygen atoms in total. The summed E-state index contributed by atoms with van der Waals surface area (Å²) < 4.78 is 1.62. The van der Waals surface area contributed by atoms with Crippen LogP contribution >= 0.6 is 11.8 Å². The van der Waals surface area contributed by atoms with Crippen LogP contribution in [-0.2, 0) is 16.1 Å². The van der Waals surface area contributed by atoms with Crippen molar-refractivity contribution < 1.29 is 9.59 Å². The van der Waals surface area contributed by atoms with Crippen LogP contribution in [0.4, 0.5) is 11.4 Å². The molecule has 8 heteroatoms. The van der Waals surface area contributed by atoms with Gasteiger partial charge in [-0.05, 0) is 48.9 Å². The van der Waals surface area contributed by atoms with Gasteiger partial charge >= 0.3 is 0 Å². The smallest absolute Gasteiger partial charge is 0.262 e. The van der Waals surface area contributed by atoms with E-state index in [1.807, 2.05) is 43.3 Å². The molecule has 0 bridgehead atoms. The van der Waals surface area contributed by atoms with Gasteiger partial charge in [0.25, 0.3) is 5.56 Å². The molecule has 1 heterocycles. The standard InChI is InChI=1S/C26H24N4O3S/c1-17-7-9-19(10-8-17)15-30-25(33)22-5-3-4-6-23(22)29-26(30)34-16-24(32)28-21-13-11-20(12-14-21)27-18(2)31/h3-14H,15-16H2,1-2H3,(H,27,31)(H,28,32). The largest absolute Gasteiger partial charge is 0.326 e. The van der Waals surface area contributed by atoms with Crippen LogP contribution < -0.4 is 16.2 Å². The van der Waals surface area contributed by atoms with Crippen LogP contribution in [0.15, 0.2) is 82.7 Å². The van der Waals surface area contributed by atoms with Gasteiger partial charge in [-0.25, -0.2) is 4.98 Å². The predicted molar refractivity (Wildman–Crippen MR) is 136 cm³/mol. The third-order valence-corrected chi connectivity index (χ3v) is 6.09. The van der Waals surface area contributed by atoms with Crippen molar-refractivity contribution >= 4 is 45.9 Å². The van der Waals surface area contributed by atoms with Gasteiger partial charge in [-0.2, -0.15) is 0 Å². The van der Waals surface area contributed by atoms with E-state index in [2.05, 4.69) is 15.6 Å². The van der Waals surface area contributed by atoms with Gasteiger partial charge in [-0.3, -0.25) is 19.0 Å². The monoisotopic (exact) mass is 472 g/mol. The van der Waals surface area contributed by atoms with E-state index in [1.54, 1.807) is 41.0 Å². The second-order valence-corrected chi connectivity index (χ2v) is 8.83. The lowest BCUT2D eigenvalue weighted by Gasteiger charge is -2.13. The lowest BCUT2D eigenvalue weighted by molar-refractivity contribution is -0.114. The molecular weight excluding hydrogens is 448 g/mol. The number of aryl methyl sites for hydroxylation is 1.